The van der Waals surface area contributed by atoms with Crippen LogP contribution in [0.3, 0.4) is 0 Å². The molecule has 0 aliphatic rings. The zero-order valence-electron chi connectivity index (χ0n) is 3.00. The van der Waals surface area contributed by atoms with E-state index in [9.17, 15) is 0 Å². The summed E-state index contributed by atoms with van der Waals surface area (Å²) in [5, 5.41) is 21.5. The molecule has 0 heterocycles. The molecule has 33 valence electrons. The Kier molecular flexibility index (Phi) is 16.1. The van der Waals surface area contributed by atoms with E-state index in [4.69, 9.17) is 23.3 Å². The van der Waals surface area contributed by atoms with Gasteiger partial charge in [0.1, 0.15) is 0 Å². The quantitative estimate of drug-likeness (QED) is 0.484. The molecule has 0 saturated heterocycles. The zero-order valence-corrected chi connectivity index (χ0v) is 9.26. The van der Waals surface area contributed by atoms with E-state index in [1.54, 1.807) is 0 Å². The molecule has 3 N–H and O–H groups in total. The van der Waals surface area contributed by atoms with E-state index < -0.39 is 7.32 Å². The van der Waals surface area contributed by atoms with Crippen molar-refractivity contribution < 1.29 is 40.0 Å². The van der Waals surface area contributed by atoms with Crippen molar-refractivity contribution in [3.63, 3.8) is 0 Å². The van der Waals surface area contributed by atoms with Crippen LogP contribution in [0.25, 0.3) is 0 Å². The third-order valence-corrected chi connectivity index (χ3v) is 0. The van der Waals surface area contributed by atoms with E-state index in [2.05, 4.69) is 0 Å². The van der Waals surface area contributed by atoms with Crippen molar-refractivity contribution in [2.24, 2.45) is 0 Å². The van der Waals surface area contributed by atoms with Crippen LogP contribution in [0, 0.1) is 0 Å². The van der Waals surface area contributed by atoms with Gasteiger partial charge < -0.3 is 15.1 Å². The predicted octanol–water partition coefficient (Wildman–Crippen LogP) is -1.36. The van der Waals surface area contributed by atoms with Gasteiger partial charge in [-0.05, 0) is 0 Å². The molecule has 0 aromatic carbocycles. The maximum absolute atomic E-state index is 7.17. The Morgan fingerprint density at radius 1 is 1.17 bits per heavy atom. The molecule has 0 fully saturated rings. The van der Waals surface area contributed by atoms with Crippen LogP contribution in [0.15, 0.2) is 0 Å². The van der Waals surface area contributed by atoms with Crippen molar-refractivity contribution in [3.05, 3.63) is 0 Å². The molecule has 0 aromatic heterocycles. The molecule has 0 aliphatic carbocycles. The van der Waals surface area contributed by atoms with Crippen LogP contribution in [-0.2, 0) is 24.9 Å². The molecule has 6 heavy (non-hydrogen) atoms. The molecule has 0 atom stereocenters. The van der Waals surface area contributed by atoms with Crippen LogP contribution in [0.4, 0.5) is 0 Å². The third kappa shape index (κ3) is 65.7. The van der Waals surface area contributed by atoms with Crippen molar-refractivity contribution in [2.45, 2.75) is 0 Å². The summed E-state index contributed by atoms with van der Waals surface area (Å²) < 4.78 is 0. The summed E-state index contributed by atoms with van der Waals surface area (Å²) in [6.45, 7) is 0. The Labute approximate surface area is 55.5 Å². The van der Waals surface area contributed by atoms with Crippen LogP contribution < -0.4 is 0 Å². The van der Waals surface area contributed by atoms with Crippen molar-refractivity contribution in [1.29, 1.82) is 0 Å². The standard InChI is InChI=1S/BH3O3.ClH.Hg/c2-1(3)4;;/h2-4H;1H;/q;;+1/p-1. The molecular formula is H3BClHgO3. The molecule has 0 amide bonds. The Hall–Kier alpha value is 1.17. The summed E-state index contributed by atoms with van der Waals surface area (Å²) in [6, 6.07) is 0. The van der Waals surface area contributed by atoms with Gasteiger partial charge in [-0.1, -0.05) is 0 Å². The first kappa shape index (κ1) is 10.2. The molecule has 0 aromatic rings. The van der Waals surface area contributed by atoms with Gasteiger partial charge in [0.25, 0.3) is 0 Å². The fourth-order valence-corrected chi connectivity index (χ4v) is 0. The van der Waals surface area contributed by atoms with Crippen LogP contribution in [0.1, 0.15) is 0 Å². The number of hydrogen-bond donors (Lipinski definition) is 3. The first-order valence-corrected chi connectivity index (χ1v) is 7.81. The molecular weight excluding hydrogens is 295 g/mol. The van der Waals surface area contributed by atoms with Crippen molar-refractivity contribution in [2.75, 3.05) is 0 Å². The third-order valence-electron chi connectivity index (χ3n) is 0. The second-order valence-electron chi connectivity index (χ2n) is 0.346. The molecule has 6 heteroatoms. The zero-order chi connectivity index (χ0) is 5.58. The molecule has 0 unspecified atom stereocenters. The van der Waals surface area contributed by atoms with Gasteiger partial charge in [-0.3, -0.25) is 0 Å². The SMILES string of the molecule is OB(O)O.[Cl][Hg]. The molecule has 0 bridgehead atoms. The summed E-state index contributed by atoms with van der Waals surface area (Å²) in [6.07, 6.45) is 0. The fraction of sp³-hybridized carbons (Fsp3) is 0. The van der Waals surface area contributed by atoms with Gasteiger partial charge in [-0.15, -0.1) is 0 Å². The van der Waals surface area contributed by atoms with Gasteiger partial charge in [-0.2, -0.15) is 0 Å². The van der Waals surface area contributed by atoms with E-state index in [1.165, 1.54) is 0 Å². The average molecular weight is 298 g/mol. The van der Waals surface area contributed by atoms with Gasteiger partial charge in [-0.25, -0.2) is 0 Å². The minimum atomic E-state index is -2.17. The van der Waals surface area contributed by atoms with E-state index >= 15 is 0 Å². The molecule has 0 spiro atoms. The molecule has 0 rings (SSSR count). The van der Waals surface area contributed by atoms with E-state index in [-0.39, 0.29) is 0 Å². The summed E-state index contributed by atoms with van der Waals surface area (Å²) >= 11 is 0.500. The molecule has 0 radical (unpaired) electrons. The Morgan fingerprint density at radius 3 is 1.17 bits per heavy atom. The predicted molar refractivity (Wildman–Crippen MR) is 18.3 cm³/mol. The van der Waals surface area contributed by atoms with Crippen LogP contribution >= 0.6 is 8.25 Å². The second-order valence-corrected chi connectivity index (χ2v) is 0.346. The van der Waals surface area contributed by atoms with Crippen LogP contribution in [0.2, 0.25) is 0 Å². The van der Waals surface area contributed by atoms with Gasteiger partial charge >= 0.3 is 40.5 Å². The van der Waals surface area contributed by atoms with Crippen molar-refractivity contribution in [1.82, 2.24) is 0 Å². The first-order valence-electron chi connectivity index (χ1n) is 1.04. The van der Waals surface area contributed by atoms with E-state index in [1.807, 2.05) is 0 Å². The Morgan fingerprint density at radius 2 is 1.17 bits per heavy atom. The average Bonchev–Trinajstić information content (AvgIpc) is 1.41. The normalized spacial score (nSPS) is 5.67. The van der Waals surface area contributed by atoms with Crippen LogP contribution in [-0.4, -0.2) is 22.4 Å². The van der Waals surface area contributed by atoms with E-state index in [0.29, 0.717) is 24.9 Å². The molecule has 0 saturated carbocycles. The second kappa shape index (κ2) is 9.48. The van der Waals surface area contributed by atoms with Crippen molar-refractivity contribution >= 4 is 15.6 Å². The maximum atomic E-state index is 7.17. The van der Waals surface area contributed by atoms with Gasteiger partial charge in [0.05, 0.1) is 0 Å². The number of halogens is 1. The summed E-state index contributed by atoms with van der Waals surface area (Å²) in [7, 11) is 2.67. The monoisotopic (exact) mass is 299 g/mol. The van der Waals surface area contributed by atoms with E-state index in [0.717, 1.165) is 0 Å². The van der Waals surface area contributed by atoms with Crippen molar-refractivity contribution in [3.8, 4) is 0 Å². The van der Waals surface area contributed by atoms with Crippen LogP contribution in [0.5, 0.6) is 0 Å². The first-order chi connectivity index (χ1) is 2.73. The summed E-state index contributed by atoms with van der Waals surface area (Å²) in [5.74, 6) is 0. The number of hydrogen-bond acceptors (Lipinski definition) is 3. The Balaban J connectivity index is 0. The van der Waals surface area contributed by atoms with Gasteiger partial charge in [0.15, 0.2) is 0 Å². The molecule has 0 aliphatic heterocycles. The minimum absolute atomic E-state index is 0.500. The molecule has 3 nitrogen and oxygen atoms in total. The van der Waals surface area contributed by atoms with Gasteiger partial charge in [0, 0.05) is 0 Å². The topological polar surface area (TPSA) is 60.7 Å². The fourth-order valence-electron chi connectivity index (χ4n) is 0. The van der Waals surface area contributed by atoms with Gasteiger partial charge in [0.2, 0.25) is 0 Å². The summed E-state index contributed by atoms with van der Waals surface area (Å²) in [5.41, 5.74) is 0. The number of rotatable bonds is 0. The summed E-state index contributed by atoms with van der Waals surface area (Å²) in [4.78, 5) is 0. The Bertz CT molecular complexity index is 15.5.